The number of rotatable bonds is 6. The summed E-state index contributed by atoms with van der Waals surface area (Å²) < 4.78 is 26.9. The molecule has 0 aliphatic carbocycles. The molecule has 27 heavy (non-hydrogen) atoms. The number of benzene rings is 2. The van der Waals surface area contributed by atoms with E-state index in [0.717, 1.165) is 27.9 Å². The van der Waals surface area contributed by atoms with Crippen LogP contribution in [-0.2, 0) is 10.0 Å². The SMILES string of the molecule is CCN(CC)S(=O)(=O)c1ccc(C)c(C(=O)Nc2c(C)cc(C)cc2C)c1. The summed E-state index contributed by atoms with van der Waals surface area (Å²) in [5, 5.41) is 2.95. The lowest BCUT2D eigenvalue weighted by Gasteiger charge is -2.19. The van der Waals surface area contributed by atoms with E-state index in [1.807, 2.05) is 32.9 Å². The number of sulfonamides is 1. The molecule has 1 amide bonds. The summed E-state index contributed by atoms with van der Waals surface area (Å²) in [5.74, 6) is -0.306. The number of aryl methyl sites for hydroxylation is 4. The Morgan fingerprint density at radius 3 is 2.00 bits per heavy atom. The van der Waals surface area contributed by atoms with E-state index in [1.54, 1.807) is 32.9 Å². The fourth-order valence-corrected chi connectivity index (χ4v) is 4.76. The molecule has 2 aromatic rings. The molecule has 146 valence electrons. The average molecular weight is 389 g/mol. The van der Waals surface area contributed by atoms with Crippen LogP contribution in [0.3, 0.4) is 0 Å². The molecule has 0 heterocycles. The molecule has 6 heteroatoms. The maximum absolute atomic E-state index is 12.9. The van der Waals surface area contributed by atoms with Gasteiger partial charge in [-0.25, -0.2) is 8.42 Å². The van der Waals surface area contributed by atoms with Crippen molar-refractivity contribution in [3.63, 3.8) is 0 Å². The minimum absolute atomic E-state index is 0.138. The number of carbonyl (C=O) groups excluding carboxylic acids is 1. The van der Waals surface area contributed by atoms with Gasteiger partial charge in [0.25, 0.3) is 5.91 Å². The second kappa shape index (κ2) is 8.23. The second-order valence-electron chi connectivity index (χ2n) is 6.79. The van der Waals surface area contributed by atoms with E-state index in [0.29, 0.717) is 18.7 Å². The average Bonchev–Trinajstić information content (AvgIpc) is 2.58. The summed E-state index contributed by atoms with van der Waals surface area (Å²) in [5.41, 5.74) is 4.94. The number of hydrogen-bond donors (Lipinski definition) is 1. The molecule has 2 rings (SSSR count). The largest absolute Gasteiger partial charge is 0.321 e. The Morgan fingerprint density at radius 1 is 0.926 bits per heavy atom. The van der Waals surface area contributed by atoms with E-state index >= 15 is 0 Å². The number of nitrogens with zero attached hydrogens (tertiary/aromatic N) is 1. The summed E-state index contributed by atoms with van der Waals surface area (Å²) in [6, 6.07) is 8.73. The summed E-state index contributed by atoms with van der Waals surface area (Å²) in [4.78, 5) is 13.0. The predicted octanol–water partition coefficient (Wildman–Crippen LogP) is 4.20. The van der Waals surface area contributed by atoms with Crippen molar-refractivity contribution < 1.29 is 13.2 Å². The van der Waals surface area contributed by atoms with Gasteiger partial charge in [0, 0.05) is 24.3 Å². The van der Waals surface area contributed by atoms with Gasteiger partial charge in [0.15, 0.2) is 0 Å². The van der Waals surface area contributed by atoms with Gasteiger partial charge in [-0.1, -0.05) is 37.6 Å². The molecule has 1 N–H and O–H groups in total. The lowest BCUT2D eigenvalue weighted by molar-refractivity contribution is 0.102. The van der Waals surface area contributed by atoms with Crippen molar-refractivity contribution in [1.82, 2.24) is 4.31 Å². The molecule has 0 spiro atoms. The third kappa shape index (κ3) is 4.39. The molecular formula is C21H28N2O3S. The number of anilines is 1. The van der Waals surface area contributed by atoms with Crippen LogP contribution in [0.25, 0.3) is 0 Å². The van der Waals surface area contributed by atoms with Crippen molar-refractivity contribution in [2.75, 3.05) is 18.4 Å². The summed E-state index contributed by atoms with van der Waals surface area (Å²) in [6.45, 7) is 12.1. The van der Waals surface area contributed by atoms with Gasteiger partial charge in [0.1, 0.15) is 0 Å². The lowest BCUT2D eigenvalue weighted by atomic mass is 10.0. The number of nitrogens with one attached hydrogen (secondary N) is 1. The Bertz CT molecular complexity index is 938. The zero-order valence-electron chi connectivity index (χ0n) is 16.9. The number of carbonyl (C=O) groups is 1. The molecule has 0 fully saturated rings. The van der Waals surface area contributed by atoms with Crippen molar-refractivity contribution >= 4 is 21.6 Å². The molecule has 0 bridgehead atoms. The summed E-state index contributed by atoms with van der Waals surface area (Å²) in [6.07, 6.45) is 0. The highest BCUT2D eigenvalue weighted by atomic mass is 32.2. The Labute approximate surface area is 162 Å². The van der Waals surface area contributed by atoms with Crippen LogP contribution in [0.4, 0.5) is 5.69 Å². The standard InChI is InChI=1S/C21H28N2O3S/c1-7-23(8-2)27(25,26)18-10-9-15(4)19(13-18)21(24)22-20-16(5)11-14(3)12-17(20)6/h9-13H,7-8H2,1-6H3,(H,22,24). The molecule has 0 atom stereocenters. The maximum Gasteiger partial charge on any atom is 0.255 e. The smallest absolute Gasteiger partial charge is 0.255 e. The number of amides is 1. The van der Waals surface area contributed by atoms with Gasteiger partial charge in [0.05, 0.1) is 4.90 Å². The van der Waals surface area contributed by atoms with Gasteiger partial charge in [0.2, 0.25) is 10.0 Å². The van der Waals surface area contributed by atoms with Crippen LogP contribution in [0.15, 0.2) is 35.2 Å². The Kier molecular flexibility index (Phi) is 6.44. The van der Waals surface area contributed by atoms with E-state index in [1.165, 1.54) is 10.4 Å². The van der Waals surface area contributed by atoms with Crippen LogP contribution < -0.4 is 5.32 Å². The van der Waals surface area contributed by atoms with Gasteiger partial charge < -0.3 is 5.32 Å². The van der Waals surface area contributed by atoms with Gasteiger partial charge >= 0.3 is 0 Å². The maximum atomic E-state index is 12.9. The topological polar surface area (TPSA) is 66.5 Å². The Morgan fingerprint density at radius 2 is 1.48 bits per heavy atom. The first-order valence-corrected chi connectivity index (χ1v) is 10.6. The van der Waals surface area contributed by atoms with E-state index in [-0.39, 0.29) is 10.8 Å². The fourth-order valence-electron chi connectivity index (χ4n) is 3.28. The van der Waals surface area contributed by atoms with Crippen molar-refractivity contribution in [2.45, 2.75) is 46.4 Å². The van der Waals surface area contributed by atoms with Crippen LogP contribution >= 0.6 is 0 Å². The minimum Gasteiger partial charge on any atom is -0.321 e. The quantitative estimate of drug-likeness (QED) is 0.806. The molecule has 0 saturated heterocycles. The molecule has 0 aliphatic rings. The molecule has 0 aromatic heterocycles. The second-order valence-corrected chi connectivity index (χ2v) is 8.73. The van der Waals surface area contributed by atoms with Crippen molar-refractivity contribution in [3.8, 4) is 0 Å². The lowest BCUT2D eigenvalue weighted by Crippen LogP contribution is -2.30. The molecule has 0 saturated carbocycles. The van der Waals surface area contributed by atoms with Crippen molar-refractivity contribution in [1.29, 1.82) is 0 Å². The van der Waals surface area contributed by atoms with Gasteiger partial charge in [-0.3, -0.25) is 4.79 Å². The molecular weight excluding hydrogens is 360 g/mol. The first-order chi connectivity index (χ1) is 12.6. The number of hydrogen-bond acceptors (Lipinski definition) is 3. The first kappa shape index (κ1) is 21.1. The summed E-state index contributed by atoms with van der Waals surface area (Å²) >= 11 is 0. The summed E-state index contributed by atoms with van der Waals surface area (Å²) in [7, 11) is -3.62. The zero-order valence-corrected chi connectivity index (χ0v) is 17.7. The van der Waals surface area contributed by atoms with Crippen LogP contribution in [-0.4, -0.2) is 31.7 Å². The Hall–Kier alpha value is -2.18. The predicted molar refractivity (Wildman–Crippen MR) is 110 cm³/mol. The fraction of sp³-hybridized carbons (Fsp3) is 0.381. The highest BCUT2D eigenvalue weighted by Gasteiger charge is 2.23. The van der Waals surface area contributed by atoms with Crippen molar-refractivity contribution in [3.05, 3.63) is 58.1 Å². The molecule has 0 radical (unpaired) electrons. The first-order valence-electron chi connectivity index (χ1n) is 9.11. The third-order valence-electron chi connectivity index (χ3n) is 4.71. The molecule has 0 unspecified atom stereocenters. The highest BCUT2D eigenvalue weighted by molar-refractivity contribution is 7.89. The minimum atomic E-state index is -3.62. The van der Waals surface area contributed by atoms with Gasteiger partial charge in [-0.2, -0.15) is 4.31 Å². The van der Waals surface area contributed by atoms with E-state index in [4.69, 9.17) is 0 Å². The monoisotopic (exact) mass is 388 g/mol. The van der Waals surface area contributed by atoms with Gasteiger partial charge in [-0.15, -0.1) is 0 Å². The zero-order chi connectivity index (χ0) is 20.4. The van der Waals surface area contributed by atoms with Crippen LogP contribution in [0, 0.1) is 27.7 Å². The van der Waals surface area contributed by atoms with Crippen molar-refractivity contribution in [2.24, 2.45) is 0 Å². The third-order valence-corrected chi connectivity index (χ3v) is 6.76. The Balaban J connectivity index is 2.43. The van der Waals surface area contributed by atoms with E-state index in [2.05, 4.69) is 5.32 Å². The van der Waals surface area contributed by atoms with Crippen LogP contribution in [0.2, 0.25) is 0 Å². The highest BCUT2D eigenvalue weighted by Crippen LogP contribution is 2.24. The van der Waals surface area contributed by atoms with Gasteiger partial charge in [-0.05, 0) is 56.5 Å². The molecule has 2 aromatic carbocycles. The normalized spacial score (nSPS) is 11.7. The molecule has 0 aliphatic heterocycles. The molecule has 5 nitrogen and oxygen atoms in total. The van der Waals surface area contributed by atoms with E-state index in [9.17, 15) is 13.2 Å². The van der Waals surface area contributed by atoms with E-state index < -0.39 is 10.0 Å². The van der Waals surface area contributed by atoms with Crippen LogP contribution in [0.1, 0.15) is 46.5 Å². The van der Waals surface area contributed by atoms with Crippen LogP contribution in [0.5, 0.6) is 0 Å².